The molecule has 1 atom stereocenters. The van der Waals surface area contributed by atoms with Crippen molar-refractivity contribution in [2.75, 3.05) is 19.6 Å². The van der Waals surface area contributed by atoms with Gasteiger partial charge in [-0.1, -0.05) is 6.92 Å². The average molecular weight is 236 g/mol. The van der Waals surface area contributed by atoms with Crippen molar-refractivity contribution in [1.29, 1.82) is 0 Å². The van der Waals surface area contributed by atoms with Crippen LogP contribution in [0, 0.1) is 5.92 Å². The van der Waals surface area contributed by atoms with Crippen molar-refractivity contribution in [3.8, 4) is 0 Å². The Morgan fingerprint density at radius 3 is 2.47 bits per heavy atom. The first-order valence-electron chi connectivity index (χ1n) is 5.34. The van der Waals surface area contributed by atoms with E-state index in [-0.39, 0.29) is 6.54 Å². The number of hydrogen-bond donors (Lipinski definition) is 2. The summed E-state index contributed by atoms with van der Waals surface area (Å²) in [5.74, 6) is 0.605. The van der Waals surface area contributed by atoms with Gasteiger partial charge in [-0.05, 0) is 25.7 Å². The van der Waals surface area contributed by atoms with Crippen LogP contribution in [0.15, 0.2) is 0 Å². The second-order valence-corrected chi connectivity index (χ2v) is 6.04. The summed E-state index contributed by atoms with van der Waals surface area (Å²) in [5.41, 5.74) is 0. The molecule has 0 saturated carbocycles. The SMILES string of the molecule is CC1CCN(S(=O)(=O)NC[C@@H](C)O)CC1. The first-order chi connectivity index (χ1) is 6.92. The topological polar surface area (TPSA) is 69.6 Å². The van der Waals surface area contributed by atoms with E-state index in [0.717, 1.165) is 12.8 Å². The number of aliphatic hydroxyl groups excluding tert-OH is 1. The van der Waals surface area contributed by atoms with Gasteiger partial charge < -0.3 is 5.11 Å². The zero-order chi connectivity index (χ0) is 11.5. The van der Waals surface area contributed by atoms with E-state index in [1.807, 2.05) is 0 Å². The summed E-state index contributed by atoms with van der Waals surface area (Å²) in [4.78, 5) is 0. The number of aliphatic hydroxyl groups is 1. The molecule has 1 rings (SSSR count). The van der Waals surface area contributed by atoms with E-state index in [2.05, 4.69) is 11.6 Å². The van der Waals surface area contributed by atoms with Gasteiger partial charge in [-0.25, -0.2) is 0 Å². The molecule has 0 unspecified atom stereocenters. The third-order valence-corrected chi connectivity index (χ3v) is 4.22. The quantitative estimate of drug-likeness (QED) is 0.718. The molecule has 0 spiro atoms. The van der Waals surface area contributed by atoms with Gasteiger partial charge >= 0.3 is 0 Å². The van der Waals surface area contributed by atoms with Crippen LogP contribution < -0.4 is 4.72 Å². The van der Waals surface area contributed by atoms with Gasteiger partial charge in [0.05, 0.1) is 6.10 Å². The van der Waals surface area contributed by atoms with E-state index in [4.69, 9.17) is 5.11 Å². The van der Waals surface area contributed by atoms with Gasteiger partial charge in [-0.3, -0.25) is 0 Å². The Morgan fingerprint density at radius 2 is 2.00 bits per heavy atom. The summed E-state index contributed by atoms with van der Waals surface area (Å²) in [5, 5.41) is 9.01. The third kappa shape index (κ3) is 4.06. The summed E-state index contributed by atoms with van der Waals surface area (Å²) in [6.07, 6.45) is 1.18. The largest absolute Gasteiger partial charge is 0.392 e. The number of rotatable bonds is 4. The highest BCUT2D eigenvalue weighted by molar-refractivity contribution is 7.87. The monoisotopic (exact) mass is 236 g/mol. The van der Waals surface area contributed by atoms with Crippen LogP contribution in [0.2, 0.25) is 0 Å². The lowest BCUT2D eigenvalue weighted by atomic mass is 10.0. The molecule has 0 aromatic heterocycles. The fraction of sp³-hybridized carbons (Fsp3) is 1.00. The lowest BCUT2D eigenvalue weighted by Gasteiger charge is -2.29. The molecule has 6 heteroatoms. The summed E-state index contributed by atoms with van der Waals surface area (Å²) < 4.78 is 27.2. The Kier molecular flexibility index (Phi) is 4.51. The van der Waals surface area contributed by atoms with E-state index < -0.39 is 16.3 Å². The first-order valence-corrected chi connectivity index (χ1v) is 6.78. The molecule has 0 aliphatic carbocycles. The van der Waals surface area contributed by atoms with Gasteiger partial charge in [0.2, 0.25) is 0 Å². The Labute approximate surface area is 91.7 Å². The second kappa shape index (κ2) is 5.25. The molecule has 0 aromatic carbocycles. The third-order valence-electron chi connectivity index (χ3n) is 2.64. The molecule has 5 nitrogen and oxygen atoms in total. The van der Waals surface area contributed by atoms with Crippen LogP contribution in [0.3, 0.4) is 0 Å². The van der Waals surface area contributed by atoms with Crippen molar-refractivity contribution in [1.82, 2.24) is 9.03 Å². The van der Waals surface area contributed by atoms with Crippen LogP contribution in [-0.4, -0.2) is 43.6 Å². The molecular formula is C9H20N2O3S. The maximum atomic E-state index is 11.7. The van der Waals surface area contributed by atoms with E-state index >= 15 is 0 Å². The smallest absolute Gasteiger partial charge is 0.279 e. The fourth-order valence-corrected chi connectivity index (χ4v) is 2.87. The number of hydrogen-bond acceptors (Lipinski definition) is 3. The van der Waals surface area contributed by atoms with Crippen LogP contribution in [0.1, 0.15) is 26.7 Å². The molecular weight excluding hydrogens is 216 g/mol. The Bertz CT molecular complexity index is 282. The van der Waals surface area contributed by atoms with Gasteiger partial charge in [-0.2, -0.15) is 17.4 Å². The van der Waals surface area contributed by atoms with Gasteiger partial charge in [-0.15, -0.1) is 0 Å². The molecule has 0 aromatic rings. The molecule has 0 bridgehead atoms. The number of nitrogens with zero attached hydrogens (tertiary/aromatic N) is 1. The van der Waals surface area contributed by atoms with E-state index in [1.54, 1.807) is 6.92 Å². The lowest BCUT2D eigenvalue weighted by Crippen LogP contribution is -2.46. The number of piperidine rings is 1. The number of nitrogens with one attached hydrogen (secondary N) is 1. The minimum Gasteiger partial charge on any atom is -0.392 e. The molecule has 0 amide bonds. The molecule has 0 radical (unpaired) electrons. The highest BCUT2D eigenvalue weighted by Crippen LogP contribution is 2.17. The summed E-state index contributed by atoms with van der Waals surface area (Å²) in [6, 6.07) is 0. The Hall–Kier alpha value is -0.170. The summed E-state index contributed by atoms with van der Waals surface area (Å²) in [7, 11) is -3.38. The van der Waals surface area contributed by atoms with Crippen LogP contribution in [0.4, 0.5) is 0 Å². The summed E-state index contributed by atoms with van der Waals surface area (Å²) in [6.45, 7) is 4.93. The van der Waals surface area contributed by atoms with Gasteiger partial charge in [0.1, 0.15) is 0 Å². The molecule has 1 heterocycles. The van der Waals surface area contributed by atoms with Crippen molar-refractivity contribution in [3.63, 3.8) is 0 Å². The molecule has 1 aliphatic heterocycles. The van der Waals surface area contributed by atoms with Gasteiger partial charge in [0, 0.05) is 19.6 Å². The molecule has 15 heavy (non-hydrogen) atoms. The predicted molar refractivity (Wildman–Crippen MR) is 58.6 cm³/mol. The minimum atomic E-state index is -3.38. The van der Waals surface area contributed by atoms with Crippen molar-refractivity contribution in [2.45, 2.75) is 32.8 Å². The Balaban J connectivity index is 2.47. The van der Waals surface area contributed by atoms with Crippen LogP contribution in [-0.2, 0) is 10.2 Å². The van der Waals surface area contributed by atoms with Crippen LogP contribution >= 0.6 is 0 Å². The highest BCUT2D eigenvalue weighted by Gasteiger charge is 2.25. The molecule has 1 saturated heterocycles. The molecule has 1 aliphatic rings. The van der Waals surface area contributed by atoms with E-state index in [9.17, 15) is 8.42 Å². The second-order valence-electron chi connectivity index (χ2n) is 4.28. The molecule has 1 fully saturated rings. The van der Waals surface area contributed by atoms with Crippen molar-refractivity contribution < 1.29 is 13.5 Å². The van der Waals surface area contributed by atoms with Crippen molar-refractivity contribution >= 4 is 10.2 Å². The first kappa shape index (κ1) is 12.9. The standard InChI is InChI=1S/C9H20N2O3S/c1-8-3-5-11(6-4-8)15(13,14)10-7-9(2)12/h8-10,12H,3-7H2,1-2H3/t9-/m1/s1. The molecule has 2 N–H and O–H groups in total. The van der Waals surface area contributed by atoms with Crippen molar-refractivity contribution in [3.05, 3.63) is 0 Å². The maximum Gasteiger partial charge on any atom is 0.279 e. The molecule has 90 valence electrons. The average Bonchev–Trinajstić information content (AvgIpc) is 2.16. The van der Waals surface area contributed by atoms with Gasteiger partial charge in [0.25, 0.3) is 10.2 Å². The van der Waals surface area contributed by atoms with E-state index in [0.29, 0.717) is 19.0 Å². The summed E-state index contributed by atoms with van der Waals surface area (Å²) >= 11 is 0. The van der Waals surface area contributed by atoms with Crippen LogP contribution in [0.25, 0.3) is 0 Å². The normalized spacial score (nSPS) is 22.9. The minimum absolute atomic E-state index is 0.0778. The van der Waals surface area contributed by atoms with Crippen molar-refractivity contribution in [2.24, 2.45) is 5.92 Å². The van der Waals surface area contributed by atoms with Crippen LogP contribution in [0.5, 0.6) is 0 Å². The zero-order valence-corrected chi connectivity index (χ0v) is 10.1. The highest BCUT2D eigenvalue weighted by atomic mass is 32.2. The fourth-order valence-electron chi connectivity index (χ4n) is 1.54. The predicted octanol–water partition coefficient (Wildman–Crippen LogP) is -0.0665. The maximum absolute atomic E-state index is 11.7. The lowest BCUT2D eigenvalue weighted by molar-refractivity contribution is 0.196. The Morgan fingerprint density at radius 1 is 1.47 bits per heavy atom. The van der Waals surface area contributed by atoms with Gasteiger partial charge in [0.15, 0.2) is 0 Å². The zero-order valence-electron chi connectivity index (χ0n) is 9.31. The van der Waals surface area contributed by atoms with E-state index in [1.165, 1.54) is 4.31 Å².